The molecule has 2 amide bonds. The number of nitrogens with zero attached hydrogens (tertiary/aromatic N) is 5. The van der Waals surface area contributed by atoms with E-state index < -0.39 is 41.8 Å². The number of carbonyl (C=O) groups excluding carboxylic acids is 3. The number of unbranched alkanes of at least 4 members (excludes halogenated alkanes) is 3. The molecule has 0 radical (unpaired) electrons. The average molecular weight is 613 g/mol. The zero-order valence-electron chi connectivity index (χ0n) is 25.4. The van der Waals surface area contributed by atoms with Gasteiger partial charge >= 0.3 is 12.1 Å². The van der Waals surface area contributed by atoms with Gasteiger partial charge in [0.15, 0.2) is 5.82 Å². The summed E-state index contributed by atoms with van der Waals surface area (Å²) in [6.07, 6.45) is 6.23. The van der Waals surface area contributed by atoms with Gasteiger partial charge in [-0.15, -0.1) is 17.9 Å². The van der Waals surface area contributed by atoms with Gasteiger partial charge in [0.1, 0.15) is 34.2 Å². The third-order valence-electron chi connectivity index (χ3n) is 7.01. The lowest BCUT2D eigenvalue weighted by Crippen LogP contribution is -2.52. The topological polar surface area (TPSA) is 138 Å². The fourth-order valence-corrected chi connectivity index (χ4v) is 5.75. The van der Waals surface area contributed by atoms with Crippen molar-refractivity contribution in [1.82, 2.24) is 30.0 Å². The van der Waals surface area contributed by atoms with Crippen molar-refractivity contribution in [3.05, 3.63) is 36.4 Å². The van der Waals surface area contributed by atoms with Crippen LogP contribution in [0, 0.1) is 0 Å². The maximum atomic E-state index is 14.0. The Labute approximate surface area is 255 Å². The molecule has 4 heterocycles. The number of nitrogens with one attached hydrogen (secondary N) is 1. The van der Waals surface area contributed by atoms with Crippen molar-refractivity contribution in [2.45, 2.75) is 83.1 Å². The molecule has 0 bridgehead atoms. The van der Waals surface area contributed by atoms with E-state index in [0.717, 1.165) is 35.2 Å². The van der Waals surface area contributed by atoms with E-state index in [1.54, 1.807) is 38.7 Å². The number of fused-ring (bicyclic) bond motifs is 1. The highest BCUT2D eigenvalue weighted by Gasteiger charge is 2.44. The Hall–Kier alpha value is -4.00. The second-order valence-corrected chi connectivity index (χ2v) is 12.4. The predicted molar refractivity (Wildman–Crippen MR) is 163 cm³/mol. The van der Waals surface area contributed by atoms with E-state index >= 15 is 0 Å². The molecule has 4 rings (SSSR count). The maximum absolute atomic E-state index is 14.0. The van der Waals surface area contributed by atoms with Gasteiger partial charge in [-0.2, -0.15) is 10.1 Å². The Bertz CT molecular complexity index is 1450. The quantitative estimate of drug-likeness (QED) is 0.176. The largest absolute Gasteiger partial charge is 0.471 e. The number of hydrogen-bond donors (Lipinski definition) is 1. The molecule has 1 aliphatic rings. The number of aryl methyl sites for hydroxylation is 1. The number of rotatable bonds is 12. The predicted octanol–water partition coefficient (Wildman–Crippen LogP) is 4.64. The molecule has 0 aromatic carbocycles. The summed E-state index contributed by atoms with van der Waals surface area (Å²) in [6.45, 7) is 9.13. The second kappa shape index (κ2) is 14.0. The van der Waals surface area contributed by atoms with Crippen LogP contribution in [0.4, 0.5) is 4.79 Å². The smallest absolute Gasteiger partial charge is 0.408 e. The van der Waals surface area contributed by atoms with Crippen molar-refractivity contribution in [3.8, 4) is 17.4 Å². The Morgan fingerprint density at radius 2 is 2.00 bits per heavy atom. The van der Waals surface area contributed by atoms with Crippen LogP contribution >= 0.6 is 11.3 Å². The van der Waals surface area contributed by atoms with E-state index in [1.165, 1.54) is 23.3 Å². The van der Waals surface area contributed by atoms with E-state index in [1.807, 2.05) is 23.6 Å². The zero-order valence-corrected chi connectivity index (χ0v) is 26.2. The summed E-state index contributed by atoms with van der Waals surface area (Å²) < 4.78 is 19.3. The summed E-state index contributed by atoms with van der Waals surface area (Å²) in [4.78, 5) is 50.3. The number of allylic oxidation sites excluding steroid dienone is 1. The molecule has 1 saturated heterocycles. The Kier molecular flexibility index (Phi) is 10.4. The Balaban J connectivity index is 1.56. The van der Waals surface area contributed by atoms with Crippen molar-refractivity contribution in [1.29, 1.82) is 0 Å². The van der Waals surface area contributed by atoms with E-state index in [0.29, 0.717) is 24.5 Å². The molecule has 232 valence electrons. The highest BCUT2D eigenvalue weighted by atomic mass is 32.1. The van der Waals surface area contributed by atoms with E-state index in [9.17, 15) is 14.4 Å². The number of ether oxygens (including phenoxy) is 3. The molecule has 0 unspecified atom stereocenters. The van der Waals surface area contributed by atoms with Gasteiger partial charge in [-0.05, 0) is 57.5 Å². The summed E-state index contributed by atoms with van der Waals surface area (Å²) in [5.41, 5.74) is 0.708. The summed E-state index contributed by atoms with van der Waals surface area (Å²) in [6, 6.07) is 1.93. The molecule has 0 spiro atoms. The molecule has 0 aliphatic carbocycles. The molecule has 12 nitrogen and oxygen atoms in total. The number of thiophene rings is 1. The molecular formula is C30H40N6O6S. The van der Waals surface area contributed by atoms with Crippen LogP contribution in [0.15, 0.2) is 36.4 Å². The first-order valence-electron chi connectivity index (χ1n) is 14.4. The molecule has 1 aliphatic heterocycles. The van der Waals surface area contributed by atoms with Crippen molar-refractivity contribution in [2.24, 2.45) is 7.05 Å². The minimum absolute atomic E-state index is 0.111. The number of alkyl carbamates (subject to hydrolysis) is 1. The van der Waals surface area contributed by atoms with Crippen molar-refractivity contribution in [2.75, 3.05) is 13.7 Å². The van der Waals surface area contributed by atoms with Crippen LogP contribution in [0.1, 0.15) is 59.3 Å². The Morgan fingerprint density at radius 3 is 2.67 bits per heavy atom. The SMILES string of the molecule is C=CCCCCC[C@H](NC(=O)OC(C)(C)C)C(=O)N1C[C@H](Oc2nc(-c3ccnn3C)nc3ccsc23)C[C@H]1C(=O)OC. The summed E-state index contributed by atoms with van der Waals surface area (Å²) in [7, 11) is 3.09. The summed E-state index contributed by atoms with van der Waals surface area (Å²) in [5.74, 6) is -0.129. The lowest BCUT2D eigenvalue weighted by Gasteiger charge is -2.29. The van der Waals surface area contributed by atoms with Crippen LogP contribution in [-0.2, 0) is 26.1 Å². The van der Waals surface area contributed by atoms with Gasteiger partial charge in [-0.3, -0.25) is 9.48 Å². The first-order chi connectivity index (χ1) is 20.5. The van der Waals surface area contributed by atoms with Crippen LogP contribution in [0.25, 0.3) is 21.7 Å². The fraction of sp³-hybridized carbons (Fsp3) is 0.533. The molecule has 3 aromatic rings. The number of methoxy groups -OCH3 is 1. The van der Waals surface area contributed by atoms with Crippen molar-refractivity contribution in [3.63, 3.8) is 0 Å². The lowest BCUT2D eigenvalue weighted by atomic mass is 10.1. The molecule has 1 fully saturated rings. The number of carbonyl (C=O) groups is 3. The van der Waals surface area contributed by atoms with Gasteiger partial charge in [-0.25, -0.2) is 14.6 Å². The van der Waals surface area contributed by atoms with Crippen LogP contribution in [0.2, 0.25) is 0 Å². The zero-order chi connectivity index (χ0) is 31.1. The number of aromatic nitrogens is 4. The maximum Gasteiger partial charge on any atom is 0.408 e. The average Bonchev–Trinajstić information content (AvgIpc) is 3.70. The highest BCUT2D eigenvalue weighted by molar-refractivity contribution is 7.17. The summed E-state index contributed by atoms with van der Waals surface area (Å²) >= 11 is 1.44. The monoisotopic (exact) mass is 612 g/mol. The highest BCUT2D eigenvalue weighted by Crippen LogP contribution is 2.33. The third-order valence-corrected chi connectivity index (χ3v) is 7.90. The molecule has 3 aromatic heterocycles. The van der Waals surface area contributed by atoms with Crippen LogP contribution in [0.5, 0.6) is 5.88 Å². The molecule has 3 atom stereocenters. The molecule has 0 saturated carbocycles. The van der Waals surface area contributed by atoms with Crippen molar-refractivity contribution < 1.29 is 28.6 Å². The lowest BCUT2D eigenvalue weighted by molar-refractivity contribution is -0.151. The number of likely N-dealkylation sites (tertiary alicyclic amines) is 1. The fourth-order valence-electron chi connectivity index (χ4n) is 4.99. The van der Waals surface area contributed by atoms with Crippen LogP contribution in [0.3, 0.4) is 0 Å². The first-order valence-corrected chi connectivity index (χ1v) is 15.3. The van der Waals surface area contributed by atoms with Gasteiger partial charge in [0.25, 0.3) is 0 Å². The minimum atomic E-state index is -0.886. The number of hydrogen-bond acceptors (Lipinski definition) is 10. The van der Waals surface area contributed by atoms with Gasteiger partial charge in [-0.1, -0.05) is 18.9 Å². The van der Waals surface area contributed by atoms with E-state index in [4.69, 9.17) is 14.2 Å². The Morgan fingerprint density at radius 1 is 1.21 bits per heavy atom. The second-order valence-electron chi connectivity index (χ2n) is 11.5. The molecule has 13 heteroatoms. The van der Waals surface area contributed by atoms with Crippen LogP contribution in [-0.4, -0.2) is 80.1 Å². The third kappa shape index (κ3) is 8.09. The molecule has 43 heavy (non-hydrogen) atoms. The van der Waals surface area contributed by atoms with E-state index in [-0.39, 0.29) is 13.0 Å². The van der Waals surface area contributed by atoms with Crippen LogP contribution < -0.4 is 10.1 Å². The minimum Gasteiger partial charge on any atom is -0.471 e. The molecule has 1 N–H and O–H groups in total. The van der Waals surface area contributed by atoms with Gasteiger partial charge < -0.3 is 24.4 Å². The van der Waals surface area contributed by atoms with Gasteiger partial charge in [0.2, 0.25) is 11.8 Å². The van der Waals surface area contributed by atoms with Crippen molar-refractivity contribution >= 4 is 39.5 Å². The van der Waals surface area contributed by atoms with Gasteiger partial charge in [0, 0.05) is 19.7 Å². The first kappa shape index (κ1) is 31.9. The number of esters is 1. The normalized spacial score (nSPS) is 17.5. The molecular weight excluding hydrogens is 572 g/mol. The summed E-state index contributed by atoms with van der Waals surface area (Å²) in [5, 5.41) is 8.86. The van der Waals surface area contributed by atoms with E-state index in [2.05, 4.69) is 27.0 Å². The van der Waals surface area contributed by atoms with Gasteiger partial charge in [0.05, 0.1) is 19.2 Å². The standard InChI is InChI=1S/C30H40N6O6S/c1-7-8-9-10-11-12-21(33-29(39)42-30(2,3)4)27(37)36-18-19(17-23(36)28(38)40-6)41-26-24-20(14-16-43-24)32-25(34-26)22-13-15-31-35(22)5/h7,13-16,19,21,23H,1,8-12,17-18H2,2-6H3,(H,33,39)/t19-,21+,23+/m1/s1. The number of amides is 2.